The first-order chi connectivity index (χ1) is 16.2. The highest BCUT2D eigenvalue weighted by molar-refractivity contribution is 6.09. The zero-order valence-electron chi connectivity index (χ0n) is 18.4. The Morgan fingerprint density at radius 2 is 0.758 bits per heavy atom. The van der Waals surface area contributed by atoms with Crippen LogP contribution >= 0.6 is 0 Å². The molecule has 0 unspecified atom stereocenters. The van der Waals surface area contributed by atoms with Crippen molar-refractivity contribution in [3.05, 3.63) is 132 Å². The van der Waals surface area contributed by atoms with Gasteiger partial charge in [-0.3, -0.25) is 9.59 Å². The van der Waals surface area contributed by atoms with Crippen LogP contribution in [0.2, 0.25) is 0 Å². The van der Waals surface area contributed by atoms with Gasteiger partial charge in [0.25, 0.3) is 0 Å². The number of amides is 2. The van der Waals surface area contributed by atoms with Crippen LogP contribution in [-0.2, 0) is 22.7 Å². The molecule has 4 rings (SSSR count). The summed E-state index contributed by atoms with van der Waals surface area (Å²) in [6, 6.07) is 38.6. The summed E-state index contributed by atoms with van der Waals surface area (Å²) in [7, 11) is 0. The summed E-state index contributed by atoms with van der Waals surface area (Å²) < 4.78 is 0. The van der Waals surface area contributed by atoms with Gasteiger partial charge in [-0.15, -0.1) is 0 Å². The Morgan fingerprint density at radius 1 is 0.455 bits per heavy atom. The van der Waals surface area contributed by atoms with E-state index in [0.29, 0.717) is 13.1 Å². The Kier molecular flexibility index (Phi) is 7.29. The lowest BCUT2D eigenvalue weighted by Gasteiger charge is -2.26. The lowest BCUT2D eigenvalue weighted by Crippen LogP contribution is -2.37. The summed E-state index contributed by atoms with van der Waals surface area (Å²) in [6.07, 6.45) is -0.219. The summed E-state index contributed by atoms with van der Waals surface area (Å²) in [6.45, 7) is 0.808. The number of hydrogen-bond acceptors (Lipinski definition) is 2. The first-order valence-corrected chi connectivity index (χ1v) is 11.0. The minimum atomic E-state index is -0.232. The first kappa shape index (κ1) is 22.0. The predicted octanol–water partition coefficient (Wildman–Crippen LogP) is 5.84. The zero-order valence-corrected chi connectivity index (χ0v) is 18.4. The molecular weight excluding hydrogens is 408 g/mol. The average Bonchev–Trinajstić information content (AvgIpc) is 2.88. The van der Waals surface area contributed by atoms with Crippen LogP contribution in [0.25, 0.3) is 0 Å². The third-order valence-electron chi connectivity index (χ3n) is 5.41. The van der Waals surface area contributed by atoms with Crippen LogP contribution in [0.3, 0.4) is 0 Å². The molecule has 0 bridgehead atoms. The van der Waals surface area contributed by atoms with Crippen molar-refractivity contribution < 1.29 is 9.59 Å². The normalized spacial score (nSPS) is 10.4. The zero-order chi connectivity index (χ0) is 22.9. The molecule has 164 valence electrons. The second-order valence-electron chi connectivity index (χ2n) is 7.78. The second kappa shape index (κ2) is 10.9. The van der Waals surface area contributed by atoms with Crippen LogP contribution in [0.5, 0.6) is 0 Å². The highest BCUT2D eigenvalue weighted by Crippen LogP contribution is 2.21. The molecule has 33 heavy (non-hydrogen) atoms. The molecule has 0 radical (unpaired) electrons. The second-order valence-corrected chi connectivity index (χ2v) is 7.78. The maximum Gasteiger partial charge on any atom is 0.236 e. The number of para-hydroxylation sites is 2. The quantitative estimate of drug-likeness (QED) is 0.327. The van der Waals surface area contributed by atoms with E-state index in [4.69, 9.17) is 0 Å². The van der Waals surface area contributed by atoms with E-state index < -0.39 is 0 Å². The van der Waals surface area contributed by atoms with Crippen molar-refractivity contribution >= 4 is 23.2 Å². The Labute approximate surface area is 194 Å². The molecule has 0 aliphatic carbocycles. The van der Waals surface area contributed by atoms with Gasteiger partial charge in [-0.2, -0.15) is 0 Å². The molecule has 0 aromatic heterocycles. The van der Waals surface area contributed by atoms with E-state index in [9.17, 15) is 9.59 Å². The van der Waals surface area contributed by atoms with Gasteiger partial charge in [0.2, 0.25) is 11.8 Å². The summed E-state index contributed by atoms with van der Waals surface area (Å²) in [5.74, 6) is -0.465. The fraction of sp³-hybridized carbons (Fsp3) is 0.103. The van der Waals surface area contributed by atoms with E-state index in [0.717, 1.165) is 22.5 Å². The maximum absolute atomic E-state index is 13.4. The van der Waals surface area contributed by atoms with Crippen molar-refractivity contribution in [2.45, 2.75) is 19.5 Å². The summed E-state index contributed by atoms with van der Waals surface area (Å²) >= 11 is 0. The molecule has 0 aliphatic rings. The van der Waals surface area contributed by atoms with Crippen molar-refractivity contribution in [1.82, 2.24) is 0 Å². The smallest absolute Gasteiger partial charge is 0.236 e. The monoisotopic (exact) mass is 434 g/mol. The number of rotatable bonds is 8. The Balaban J connectivity index is 1.57. The van der Waals surface area contributed by atoms with Gasteiger partial charge in [0, 0.05) is 11.4 Å². The fourth-order valence-corrected chi connectivity index (χ4v) is 3.72. The highest BCUT2D eigenvalue weighted by atomic mass is 16.2. The van der Waals surface area contributed by atoms with Gasteiger partial charge >= 0.3 is 0 Å². The van der Waals surface area contributed by atoms with Crippen molar-refractivity contribution in [1.29, 1.82) is 0 Å². The summed E-state index contributed by atoms with van der Waals surface area (Å²) in [4.78, 5) is 30.2. The first-order valence-electron chi connectivity index (χ1n) is 11.0. The maximum atomic E-state index is 13.4. The lowest BCUT2D eigenvalue weighted by atomic mass is 10.1. The predicted molar refractivity (Wildman–Crippen MR) is 133 cm³/mol. The third kappa shape index (κ3) is 5.95. The largest absolute Gasteiger partial charge is 0.308 e. The molecule has 0 atom stereocenters. The molecule has 2 amide bonds. The minimum absolute atomic E-state index is 0.219. The number of benzene rings is 4. The number of carbonyl (C=O) groups is 2. The molecule has 0 N–H and O–H groups in total. The number of anilines is 2. The number of nitrogens with zero attached hydrogens (tertiary/aromatic N) is 2. The average molecular weight is 435 g/mol. The van der Waals surface area contributed by atoms with E-state index >= 15 is 0 Å². The van der Waals surface area contributed by atoms with E-state index in [-0.39, 0.29) is 18.2 Å². The molecule has 4 heteroatoms. The molecule has 0 spiro atoms. The summed E-state index contributed by atoms with van der Waals surface area (Å²) in [5.41, 5.74) is 3.56. The Bertz CT molecular complexity index is 1070. The molecule has 4 aromatic carbocycles. The van der Waals surface area contributed by atoms with Gasteiger partial charge < -0.3 is 9.80 Å². The van der Waals surface area contributed by atoms with Crippen molar-refractivity contribution in [3.63, 3.8) is 0 Å². The molecule has 4 nitrogen and oxygen atoms in total. The third-order valence-corrected chi connectivity index (χ3v) is 5.41. The van der Waals surface area contributed by atoms with Crippen LogP contribution in [-0.4, -0.2) is 11.8 Å². The SMILES string of the molecule is O=C(CC(=O)N(Cc1ccccc1)c1ccccc1)N(Cc1ccccc1)c1ccccc1. The van der Waals surface area contributed by atoms with Gasteiger partial charge in [-0.1, -0.05) is 97.1 Å². The van der Waals surface area contributed by atoms with E-state index in [1.807, 2.05) is 121 Å². The minimum Gasteiger partial charge on any atom is -0.308 e. The van der Waals surface area contributed by atoms with Crippen LogP contribution < -0.4 is 9.80 Å². The van der Waals surface area contributed by atoms with Gasteiger partial charge in [0.05, 0.1) is 13.1 Å². The van der Waals surface area contributed by atoms with Gasteiger partial charge in [0.15, 0.2) is 0 Å². The van der Waals surface area contributed by atoms with Crippen molar-refractivity contribution in [2.24, 2.45) is 0 Å². The Morgan fingerprint density at radius 3 is 1.09 bits per heavy atom. The molecule has 0 saturated carbocycles. The molecule has 0 aliphatic heterocycles. The van der Waals surface area contributed by atoms with E-state index in [1.165, 1.54) is 0 Å². The van der Waals surface area contributed by atoms with Crippen molar-refractivity contribution in [3.8, 4) is 0 Å². The molecule has 0 fully saturated rings. The molecule has 4 aromatic rings. The topological polar surface area (TPSA) is 40.6 Å². The summed E-state index contributed by atoms with van der Waals surface area (Å²) in [5, 5.41) is 0. The van der Waals surface area contributed by atoms with Gasteiger partial charge in [0.1, 0.15) is 6.42 Å². The highest BCUT2D eigenvalue weighted by Gasteiger charge is 2.24. The van der Waals surface area contributed by atoms with Crippen LogP contribution in [0, 0.1) is 0 Å². The van der Waals surface area contributed by atoms with Crippen LogP contribution in [0.1, 0.15) is 17.5 Å². The fourth-order valence-electron chi connectivity index (χ4n) is 3.72. The van der Waals surface area contributed by atoms with Crippen molar-refractivity contribution in [2.75, 3.05) is 9.80 Å². The molecular formula is C29H26N2O2. The molecule has 0 heterocycles. The standard InChI is InChI=1S/C29H26N2O2/c32-28(30(26-17-9-3-10-18-26)22-24-13-5-1-6-14-24)21-29(33)31(27-19-11-4-12-20-27)23-25-15-7-2-8-16-25/h1-20H,21-23H2. The molecule has 0 saturated heterocycles. The van der Waals surface area contributed by atoms with Gasteiger partial charge in [-0.05, 0) is 35.4 Å². The lowest BCUT2D eigenvalue weighted by molar-refractivity contribution is -0.126. The van der Waals surface area contributed by atoms with Crippen LogP contribution in [0.4, 0.5) is 11.4 Å². The Hall–Kier alpha value is -4.18. The number of carbonyl (C=O) groups excluding carboxylic acids is 2. The number of hydrogen-bond donors (Lipinski definition) is 0. The van der Waals surface area contributed by atoms with Gasteiger partial charge in [-0.25, -0.2) is 0 Å². The van der Waals surface area contributed by atoms with Crippen LogP contribution in [0.15, 0.2) is 121 Å². The van der Waals surface area contributed by atoms with E-state index in [1.54, 1.807) is 9.80 Å². The van der Waals surface area contributed by atoms with E-state index in [2.05, 4.69) is 0 Å².